The highest BCUT2D eigenvalue weighted by atomic mass is 79.9. The van der Waals surface area contributed by atoms with E-state index in [1.807, 2.05) is 12.1 Å². The van der Waals surface area contributed by atoms with E-state index in [0.717, 1.165) is 5.56 Å². The van der Waals surface area contributed by atoms with E-state index in [1.165, 1.54) is 0 Å². The second-order valence-electron chi connectivity index (χ2n) is 5.51. The first-order valence-electron chi connectivity index (χ1n) is 6.44. The summed E-state index contributed by atoms with van der Waals surface area (Å²) < 4.78 is 45.0. The number of alkyl halides is 3. The highest BCUT2D eigenvalue weighted by Crippen LogP contribution is 2.26. The van der Waals surface area contributed by atoms with Gasteiger partial charge >= 0.3 is 6.36 Å². The molecule has 0 heterocycles. The molecular formula is C14H19BrF3NO2. The van der Waals surface area contributed by atoms with Crippen LogP contribution in [0, 0.1) is 0 Å². The Hall–Kier alpha value is -0.790. The number of rotatable bonds is 6. The number of benzene rings is 1. The largest absolute Gasteiger partial charge is 0.522 e. The van der Waals surface area contributed by atoms with Gasteiger partial charge in [0.25, 0.3) is 0 Å². The van der Waals surface area contributed by atoms with Gasteiger partial charge in [-0.25, -0.2) is 0 Å². The highest BCUT2D eigenvalue weighted by molar-refractivity contribution is 9.10. The SMILES string of the molecule is CC(C)(C)NCc1ccc(OCCOC(F)(F)F)c(Br)c1. The number of nitrogens with one attached hydrogen (secondary N) is 1. The predicted molar refractivity (Wildman–Crippen MR) is 78.2 cm³/mol. The molecule has 7 heteroatoms. The fraction of sp³-hybridized carbons (Fsp3) is 0.571. The zero-order chi connectivity index (χ0) is 16.1. The molecule has 3 nitrogen and oxygen atoms in total. The number of hydrogen-bond acceptors (Lipinski definition) is 3. The van der Waals surface area contributed by atoms with Crippen LogP contribution in [-0.4, -0.2) is 25.1 Å². The molecule has 120 valence electrons. The Morgan fingerprint density at radius 3 is 2.33 bits per heavy atom. The van der Waals surface area contributed by atoms with Crippen molar-refractivity contribution in [1.82, 2.24) is 5.32 Å². The van der Waals surface area contributed by atoms with Crippen LogP contribution in [0.2, 0.25) is 0 Å². The zero-order valence-corrected chi connectivity index (χ0v) is 13.8. The molecule has 0 radical (unpaired) electrons. The highest BCUT2D eigenvalue weighted by Gasteiger charge is 2.28. The average molecular weight is 370 g/mol. The molecule has 0 amide bonds. The lowest BCUT2D eigenvalue weighted by Gasteiger charge is -2.20. The average Bonchev–Trinajstić information content (AvgIpc) is 2.32. The van der Waals surface area contributed by atoms with Crippen molar-refractivity contribution in [2.45, 2.75) is 39.2 Å². The normalized spacial score (nSPS) is 12.5. The molecule has 0 saturated heterocycles. The van der Waals surface area contributed by atoms with Gasteiger partial charge in [-0.3, -0.25) is 4.74 Å². The van der Waals surface area contributed by atoms with Crippen molar-refractivity contribution in [2.24, 2.45) is 0 Å². The number of ether oxygens (including phenoxy) is 2. The topological polar surface area (TPSA) is 30.5 Å². The summed E-state index contributed by atoms with van der Waals surface area (Å²) in [4.78, 5) is 0. The molecule has 21 heavy (non-hydrogen) atoms. The van der Waals surface area contributed by atoms with Gasteiger partial charge in [-0.05, 0) is 54.4 Å². The van der Waals surface area contributed by atoms with Crippen molar-refractivity contribution in [3.05, 3.63) is 28.2 Å². The van der Waals surface area contributed by atoms with E-state index >= 15 is 0 Å². The van der Waals surface area contributed by atoms with Crippen molar-refractivity contribution < 1.29 is 22.6 Å². The molecule has 0 fully saturated rings. The molecule has 0 aliphatic rings. The molecular weight excluding hydrogens is 351 g/mol. The Balaban J connectivity index is 2.47. The van der Waals surface area contributed by atoms with Crippen molar-refractivity contribution >= 4 is 15.9 Å². The lowest BCUT2D eigenvalue weighted by Crippen LogP contribution is -2.35. The van der Waals surface area contributed by atoms with Crippen LogP contribution >= 0.6 is 15.9 Å². The van der Waals surface area contributed by atoms with Crippen LogP contribution in [0.3, 0.4) is 0 Å². The summed E-state index contributed by atoms with van der Waals surface area (Å²) >= 11 is 3.34. The molecule has 1 aromatic carbocycles. The summed E-state index contributed by atoms with van der Waals surface area (Å²) in [7, 11) is 0. The van der Waals surface area contributed by atoms with Crippen LogP contribution in [0.1, 0.15) is 26.3 Å². The lowest BCUT2D eigenvalue weighted by molar-refractivity contribution is -0.325. The van der Waals surface area contributed by atoms with E-state index in [0.29, 0.717) is 16.8 Å². The van der Waals surface area contributed by atoms with Gasteiger partial charge in [-0.1, -0.05) is 6.07 Å². The minimum Gasteiger partial charge on any atom is -0.490 e. The van der Waals surface area contributed by atoms with Crippen LogP contribution < -0.4 is 10.1 Å². The fourth-order valence-corrected chi connectivity index (χ4v) is 1.99. The van der Waals surface area contributed by atoms with E-state index in [1.54, 1.807) is 6.07 Å². The van der Waals surface area contributed by atoms with Crippen molar-refractivity contribution in [3.63, 3.8) is 0 Å². The minimum absolute atomic E-state index is 0.0105. The van der Waals surface area contributed by atoms with Gasteiger partial charge in [0.1, 0.15) is 12.4 Å². The van der Waals surface area contributed by atoms with E-state index in [2.05, 4.69) is 46.8 Å². The molecule has 0 unspecified atom stereocenters. The molecule has 0 spiro atoms. The molecule has 0 bridgehead atoms. The number of halogens is 4. The van der Waals surface area contributed by atoms with Gasteiger partial charge in [0.05, 0.1) is 11.1 Å². The van der Waals surface area contributed by atoms with Crippen LogP contribution in [0.25, 0.3) is 0 Å². The molecule has 0 aromatic heterocycles. The van der Waals surface area contributed by atoms with Gasteiger partial charge in [-0.2, -0.15) is 0 Å². The molecule has 1 rings (SSSR count). The zero-order valence-electron chi connectivity index (χ0n) is 12.2. The Morgan fingerprint density at radius 2 is 1.81 bits per heavy atom. The summed E-state index contributed by atoms with van der Waals surface area (Å²) in [5.41, 5.74) is 1.06. The first-order chi connectivity index (χ1) is 9.57. The van der Waals surface area contributed by atoms with E-state index in [4.69, 9.17) is 4.74 Å². The molecule has 0 aliphatic carbocycles. The third kappa shape index (κ3) is 8.28. The third-order valence-corrected chi connectivity index (χ3v) is 3.05. The second kappa shape index (κ2) is 7.47. The van der Waals surface area contributed by atoms with Gasteiger partial charge in [0.2, 0.25) is 0 Å². The summed E-state index contributed by atoms with van der Waals surface area (Å²) in [5, 5.41) is 3.35. The smallest absolute Gasteiger partial charge is 0.490 e. The first-order valence-corrected chi connectivity index (χ1v) is 7.23. The Kier molecular flexibility index (Phi) is 6.49. The van der Waals surface area contributed by atoms with Gasteiger partial charge in [-0.15, -0.1) is 13.2 Å². The Morgan fingerprint density at radius 1 is 1.14 bits per heavy atom. The molecule has 0 aliphatic heterocycles. The van der Waals surface area contributed by atoms with Gasteiger partial charge < -0.3 is 10.1 Å². The molecule has 0 atom stereocenters. The lowest BCUT2D eigenvalue weighted by atomic mass is 10.1. The fourth-order valence-electron chi connectivity index (χ4n) is 1.45. The summed E-state index contributed by atoms with van der Waals surface area (Å²) in [6.07, 6.45) is -4.62. The Labute approximate surface area is 130 Å². The summed E-state index contributed by atoms with van der Waals surface area (Å²) in [6.45, 7) is 6.20. The molecule has 0 saturated carbocycles. The van der Waals surface area contributed by atoms with E-state index in [-0.39, 0.29) is 12.1 Å². The predicted octanol–water partition coefficient (Wildman–Crippen LogP) is 4.25. The van der Waals surface area contributed by atoms with Gasteiger partial charge in [0.15, 0.2) is 0 Å². The maximum Gasteiger partial charge on any atom is 0.522 e. The van der Waals surface area contributed by atoms with Crippen LogP contribution in [0.4, 0.5) is 13.2 Å². The van der Waals surface area contributed by atoms with E-state index < -0.39 is 13.0 Å². The Bertz CT molecular complexity index is 459. The second-order valence-corrected chi connectivity index (χ2v) is 6.37. The quantitative estimate of drug-likeness (QED) is 0.760. The van der Waals surface area contributed by atoms with Crippen LogP contribution in [-0.2, 0) is 11.3 Å². The van der Waals surface area contributed by atoms with Crippen molar-refractivity contribution in [2.75, 3.05) is 13.2 Å². The van der Waals surface area contributed by atoms with Crippen molar-refractivity contribution in [1.29, 1.82) is 0 Å². The van der Waals surface area contributed by atoms with E-state index in [9.17, 15) is 13.2 Å². The van der Waals surface area contributed by atoms with Crippen LogP contribution in [0.15, 0.2) is 22.7 Å². The standard InChI is InChI=1S/C14H19BrF3NO2/c1-13(2,3)19-9-10-4-5-12(11(15)8-10)20-6-7-21-14(16,17)18/h4-5,8,19H,6-7,9H2,1-3H3. The monoisotopic (exact) mass is 369 g/mol. The summed E-state index contributed by atoms with van der Waals surface area (Å²) in [5.74, 6) is 0.486. The minimum atomic E-state index is -4.62. The number of hydrogen-bond donors (Lipinski definition) is 1. The maximum absolute atomic E-state index is 11.8. The van der Waals surface area contributed by atoms with Gasteiger partial charge in [0, 0.05) is 12.1 Å². The molecule has 1 N–H and O–H groups in total. The summed E-state index contributed by atoms with van der Waals surface area (Å²) in [6, 6.07) is 5.46. The molecule has 1 aromatic rings. The third-order valence-electron chi connectivity index (χ3n) is 2.43. The first kappa shape index (κ1) is 18.3. The van der Waals surface area contributed by atoms with Crippen molar-refractivity contribution in [3.8, 4) is 5.75 Å². The van der Waals surface area contributed by atoms with Crippen LogP contribution in [0.5, 0.6) is 5.75 Å². The maximum atomic E-state index is 11.8.